The van der Waals surface area contributed by atoms with Crippen molar-refractivity contribution in [3.05, 3.63) is 42.2 Å². The predicted octanol–water partition coefficient (Wildman–Crippen LogP) is 3.08. The van der Waals surface area contributed by atoms with Crippen LogP contribution < -0.4 is 4.74 Å². The SMILES string of the molecule is CC(C)Cc1ccc(OC(=O)OCCN2C=CN(C)C2)cc1. The molecule has 1 aliphatic heterocycles. The summed E-state index contributed by atoms with van der Waals surface area (Å²) in [7, 11) is 1.99. The van der Waals surface area contributed by atoms with Gasteiger partial charge in [0.2, 0.25) is 0 Å². The third-order valence-corrected chi connectivity index (χ3v) is 3.30. The van der Waals surface area contributed by atoms with Crippen molar-refractivity contribution < 1.29 is 14.3 Å². The van der Waals surface area contributed by atoms with E-state index in [-0.39, 0.29) is 0 Å². The minimum absolute atomic E-state index is 0.308. The van der Waals surface area contributed by atoms with Crippen LogP contribution in [0.3, 0.4) is 0 Å². The number of ether oxygens (including phenoxy) is 2. The maximum atomic E-state index is 11.6. The van der Waals surface area contributed by atoms with Crippen LogP contribution in [0.4, 0.5) is 4.79 Å². The van der Waals surface area contributed by atoms with Gasteiger partial charge in [0.05, 0.1) is 13.2 Å². The molecule has 1 aromatic carbocycles. The van der Waals surface area contributed by atoms with Crippen molar-refractivity contribution in [2.45, 2.75) is 20.3 Å². The maximum Gasteiger partial charge on any atom is 0.513 e. The van der Waals surface area contributed by atoms with Crippen LogP contribution in [-0.4, -0.2) is 42.8 Å². The molecule has 2 rings (SSSR count). The van der Waals surface area contributed by atoms with Crippen LogP contribution in [0, 0.1) is 5.92 Å². The molecule has 0 bridgehead atoms. The molecule has 5 nitrogen and oxygen atoms in total. The molecule has 0 spiro atoms. The highest BCUT2D eigenvalue weighted by molar-refractivity contribution is 5.63. The van der Waals surface area contributed by atoms with Gasteiger partial charge in [-0.25, -0.2) is 4.79 Å². The van der Waals surface area contributed by atoms with Gasteiger partial charge >= 0.3 is 6.16 Å². The molecular formula is C17H24N2O3. The van der Waals surface area contributed by atoms with Crippen molar-refractivity contribution in [1.82, 2.24) is 9.80 Å². The highest BCUT2D eigenvalue weighted by atomic mass is 16.7. The zero-order chi connectivity index (χ0) is 15.9. The number of carbonyl (C=O) groups is 1. The normalized spacial score (nSPS) is 13.8. The van der Waals surface area contributed by atoms with E-state index in [0.29, 0.717) is 24.8 Å². The minimum atomic E-state index is -0.659. The van der Waals surface area contributed by atoms with E-state index in [1.807, 2.05) is 31.6 Å². The first-order chi connectivity index (χ1) is 10.5. The summed E-state index contributed by atoms with van der Waals surface area (Å²) in [5, 5.41) is 0. The Morgan fingerprint density at radius 2 is 1.95 bits per heavy atom. The van der Waals surface area contributed by atoms with E-state index in [0.717, 1.165) is 13.1 Å². The van der Waals surface area contributed by atoms with Crippen molar-refractivity contribution in [1.29, 1.82) is 0 Å². The third kappa shape index (κ3) is 5.31. The molecule has 1 heterocycles. The molecule has 0 aromatic heterocycles. The topological polar surface area (TPSA) is 42.0 Å². The van der Waals surface area contributed by atoms with Crippen molar-refractivity contribution >= 4 is 6.16 Å². The number of hydrogen-bond donors (Lipinski definition) is 0. The molecule has 22 heavy (non-hydrogen) atoms. The third-order valence-electron chi connectivity index (χ3n) is 3.30. The molecule has 0 N–H and O–H groups in total. The lowest BCUT2D eigenvalue weighted by molar-refractivity contribution is 0.0908. The molecule has 0 aliphatic carbocycles. The fourth-order valence-electron chi connectivity index (χ4n) is 2.27. The van der Waals surface area contributed by atoms with Gasteiger partial charge in [-0.1, -0.05) is 26.0 Å². The van der Waals surface area contributed by atoms with Crippen LogP contribution >= 0.6 is 0 Å². The van der Waals surface area contributed by atoms with Crippen molar-refractivity contribution in [3.63, 3.8) is 0 Å². The number of nitrogens with zero attached hydrogens (tertiary/aromatic N) is 2. The largest absolute Gasteiger partial charge is 0.513 e. The van der Waals surface area contributed by atoms with E-state index < -0.39 is 6.16 Å². The van der Waals surface area contributed by atoms with Gasteiger partial charge in [-0.15, -0.1) is 0 Å². The van der Waals surface area contributed by atoms with Gasteiger partial charge in [0.1, 0.15) is 12.4 Å². The van der Waals surface area contributed by atoms with E-state index in [1.165, 1.54) is 5.56 Å². The average molecular weight is 304 g/mol. The summed E-state index contributed by atoms with van der Waals surface area (Å²) < 4.78 is 10.2. The van der Waals surface area contributed by atoms with Crippen molar-refractivity contribution in [2.75, 3.05) is 26.9 Å². The van der Waals surface area contributed by atoms with Crippen molar-refractivity contribution in [2.24, 2.45) is 5.92 Å². The van der Waals surface area contributed by atoms with Crippen LogP contribution in [-0.2, 0) is 11.2 Å². The Balaban J connectivity index is 1.69. The zero-order valence-corrected chi connectivity index (χ0v) is 13.5. The van der Waals surface area contributed by atoms with Gasteiger partial charge in [-0.2, -0.15) is 0 Å². The second-order valence-corrected chi connectivity index (χ2v) is 5.95. The number of carbonyl (C=O) groups excluding carboxylic acids is 1. The summed E-state index contributed by atoms with van der Waals surface area (Å²) in [6, 6.07) is 7.56. The molecule has 0 radical (unpaired) electrons. The highest BCUT2D eigenvalue weighted by Gasteiger charge is 2.10. The lowest BCUT2D eigenvalue weighted by atomic mass is 10.0. The summed E-state index contributed by atoms with van der Waals surface area (Å²) in [5.41, 5.74) is 1.24. The van der Waals surface area contributed by atoms with E-state index in [2.05, 4.69) is 23.6 Å². The van der Waals surface area contributed by atoms with Gasteiger partial charge in [-0.3, -0.25) is 0 Å². The molecule has 0 atom stereocenters. The second-order valence-electron chi connectivity index (χ2n) is 5.95. The molecular weight excluding hydrogens is 280 g/mol. The van der Waals surface area contributed by atoms with Crippen LogP contribution in [0.25, 0.3) is 0 Å². The van der Waals surface area contributed by atoms with Crippen LogP contribution in [0.2, 0.25) is 0 Å². The summed E-state index contributed by atoms with van der Waals surface area (Å²) in [6.45, 7) is 6.13. The molecule has 0 unspecified atom stereocenters. The van der Waals surface area contributed by atoms with E-state index >= 15 is 0 Å². The van der Waals surface area contributed by atoms with Crippen LogP contribution in [0.1, 0.15) is 19.4 Å². The van der Waals surface area contributed by atoms with E-state index in [4.69, 9.17) is 9.47 Å². The number of rotatable bonds is 6. The van der Waals surface area contributed by atoms with E-state index in [9.17, 15) is 4.79 Å². The maximum absolute atomic E-state index is 11.6. The average Bonchev–Trinajstić information content (AvgIpc) is 2.86. The summed E-state index contributed by atoms with van der Waals surface area (Å²) in [6.07, 6.45) is 4.31. The van der Waals surface area contributed by atoms with Crippen molar-refractivity contribution in [3.8, 4) is 5.75 Å². The van der Waals surface area contributed by atoms with Gasteiger partial charge in [0.25, 0.3) is 0 Å². The monoisotopic (exact) mass is 304 g/mol. The van der Waals surface area contributed by atoms with Crippen LogP contribution in [0.5, 0.6) is 5.75 Å². The Bertz CT molecular complexity index is 511. The summed E-state index contributed by atoms with van der Waals surface area (Å²) >= 11 is 0. The summed E-state index contributed by atoms with van der Waals surface area (Å²) in [5.74, 6) is 1.12. The molecule has 120 valence electrons. The fraction of sp³-hybridized carbons (Fsp3) is 0.471. The Kier molecular flexibility index (Phi) is 5.69. The minimum Gasteiger partial charge on any atom is -0.432 e. The van der Waals surface area contributed by atoms with Gasteiger partial charge in [-0.05, 0) is 30.0 Å². The molecule has 0 amide bonds. The quantitative estimate of drug-likeness (QED) is 0.597. The Hall–Kier alpha value is -2.17. The first kappa shape index (κ1) is 16.2. The van der Waals surface area contributed by atoms with Gasteiger partial charge in [0.15, 0.2) is 0 Å². The molecule has 0 saturated carbocycles. The predicted molar refractivity (Wildman–Crippen MR) is 85.4 cm³/mol. The number of hydrogen-bond acceptors (Lipinski definition) is 5. The molecule has 1 aliphatic rings. The standard InChI is InChI=1S/C17H24N2O3/c1-14(2)12-15-4-6-16(7-5-15)22-17(20)21-11-10-19-9-8-18(3)13-19/h4-9,14H,10-13H2,1-3H3. The smallest absolute Gasteiger partial charge is 0.432 e. The molecule has 5 heteroatoms. The number of benzene rings is 1. The second kappa shape index (κ2) is 7.73. The first-order valence-electron chi connectivity index (χ1n) is 7.59. The Morgan fingerprint density at radius 1 is 1.23 bits per heavy atom. The highest BCUT2D eigenvalue weighted by Crippen LogP contribution is 2.15. The van der Waals surface area contributed by atoms with Gasteiger partial charge < -0.3 is 19.3 Å². The molecule has 1 aromatic rings. The summed E-state index contributed by atoms with van der Waals surface area (Å²) in [4.78, 5) is 15.7. The van der Waals surface area contributed by atoms with Crippen LogP contribution in [0.15, 0.2) is 36.7 Å². The molecule has 0 fully saturated rings. The van der Waals surface area contributed by atoms with Gasteiger partial charge in [0, 0.05) is 19.4 Å². The Labute approximate surface area is 132 Å². The van der Waals surface area contributed by atoms with E-state index in [1.54, 1.807) is 12.1 Å². The lowest BCUT2D eigenvalue weighted by Gasteiger charge is -2.17. The molecule has 0 saturated heterocycles. The fourth-order valence-corrected chi connectivity index (χ4v) is 2.27. The lowest BCUT2D eigenvalue weighted by Crippen LogP contribution is -2.27. The zero-order valence-electron chi connectivity index (χ0n) is 13.5. The Morgan fingerprint density at radius 3 is 2.55 bits per heavy atom. The first-order valence-corrected chi connectivity index (χ1v) is 7.59.